The molecule has 0 aliphatic rings. The van der Waals surface area contributed by atoms with E-state index in [1.807, 2.05) is 92.7 Å². The van der Waals surface area contributed by atoms with Crippen molar-refractivity contribution in [2.24, 2.45) is 0 Å². The second-order valence-corrected chi connectivity index (χ2v) is 7.70. The third-order valence-corrected chi connectivity index (χ3v) is 5.38. The highest BCUT2D eigenvalue weighted by Crippen LogP contribution is 2.29. The van der Waals surface area contributed by atoms with Crippen LogP contribution >= 0.6 is 0 Å². The fourth-order valence-corrected chi connectivity index (χ4v) is 3.79. The molecule has 0 saturated heterocycles. The minimum atomic E-state index is -0.519. The molecule has 3 aromatic carbocycles. The summed E-state index contributed by atoms with van der Waals surface area (Å²) in [5, 5.41) is 4.69. The lowest BCUT2D eigenvalue weighted by molar-refractivity contribution is -0.135. The minimum absolute atomic E-state index is 0.328. The Morgan fingerprint density at radius 3 is 2.06 bits per heavy atom. The third kappa shape index (κ3) is 4.43. The van der Waals surface area contributed by atoms with Crippen molar-refractivity contribution in [3.8, 4) is 11.6 Å². The van der Waals surface area contributed by atoms with Crippen LogP contribution in [0.25, 0.3) is 5.69 Å². The summed E-state index contributed by atoms with van der Waals surface area (Å²) in [6, 6.07) is 27.5. The molecule has 0 saturated carbocycles. The molecule has 0 unspecified atom stereocenters. The lowest BCUT2D eigenvalue weighted by Crippen LogP contribution is -2.21. The number of carbonyl (C=O) groups is 1. The molecule has 1 heterocycles. The van der Waals surface area contributed by atoms with Crippen LogP contribution < -0.4 is 4.74 Å². The van der Waals surface area contributed by atoms with Gasteiger partial charge in [0.1, 0.15) is 5.92 Å². The fourth-order valence-electron chi connectivity index (χ4n) is 3.79. The maximum Gasteiger partial charge on any atom is 0.324 e. The van der Waals surface area contributed by atoms with Crippen molar-refractivity contribution in [3.05, 3.63) is 113 Å². The average molecular weight is 411 g/mol. The highest BCUT2D eigenvalue weighted by Gasteiger charge is 2.26. The predicted molar refractivity (Wildman–Crippen MR) is 123 cm³/mol. The standard InChI is InChI=1S/C27H26N2O2/c1-4-23-18-25(29(28-23)24-16-15-19(2)17-20(24)3)31-27(30)26(21-11-7-5-8-12-21)22-13-9-6-10-14-22/h5-18,26H,4H2,1-3H3. The van der Waals surface area contributed by atoms with Gasteiger partial charge in [-0.3, -0.25) is 4.79 Å². The minimum Gasteiger partial charge on any atom is -0.407 e. The first-order valence-electron chi connectivity index (χ1n) is 10.5. The number of hydrogen-bond acceptors (Lipinski definition) is 3. The summed E-state index contributed by atoms with van der Waals surface area (Å²) in [4.78, 5) is 13.5. The summed E-state index contributed by atoms with van der Waals surface area (Å²) in [6.07, 6.45) is 0.753. The van der Waals surface area contributed by atoms with Gasteiger partial charge >= 0.3 is 5.97 Å². The van der Waals surface area contributed by atoms with Gasteiger partial charge in [-0.1, -0.05) is 85.3 Å². The van der Waals surface area contributed by atoms with Crippen molar-refractivity contribution >= 4 is 5.97 Å². The molecule has 4 nitrogen and oxygen atoms in total. The Balaban J connectivity index is 1.74. The van der Waals surface area contributed by atoms with Crippen LogP contribution in [0.2, 0.25) is 0 Å². The molecule has 0 aliphatic heterocycles. The third-order valence-electron chi connectivity index (χ3n) is 5.38. The quantitative estimate of drug-likeness (QED) is 0.378. The Morgan fingerprint density at radius 1 is 0.903 bits per heavy atom. The van der Waals surface area contributed by atoms with Crippen molar-refractivity contribution in [2.75, 3.05) is 0 Å². The second-order valence-electron chi connectivity index (χ2n) is 7.70. The van der Waals surface area contributed by atoms with Gasteiger partial charge in [-0.2, -0.15) is 5.10 Å². The molecule has 0 aliphatic carbocycles. The number of esters is 1. The number of rotatable bonds is 6. The summed E-state index contributed by atoms with van der Waals surface area (Å²) in [6.45, 7) is 6.14. The Hall–Kier alpha value is -3.66. The molecule has 156 valence electrons. The van der Waals surface area contributed by atoms with E-state index in [2.05, 4.69) is 18.1 Å². The van der Waals surface area contributed by atoms with Gasteiger partial charge in [0.25, 0.3) is 0 Å². The maximum absolute atomic E-state index is 13.5. The highest BCUT2D eigenvalue weighted by molar-refractivity contribution is 5.84. The first-order chi connectivity index (χ1) is 15.1. The van der Waals surface area contributed by atoms with E-state index in [-0.39, 0.29) is 5.97 Å². The summed E-state index contributed by atoms with van der Waals surface area (Å²) in [7, 11) is 0. The number of aryl methyl sites for hydroxylation is 3. The topological polar surface area (TPSA) is 44.1 Å². The lowest BCUT2D eigenvalue weighted by atomic mass is 9.91. The molecule has 0 fully saturated rings. The Morgan fingerprint density at radius 2 is 1.52 bits per heavy atom. The van der Waals surface area contributed by atoms with Crippen molar-refractivity contribution in [1.82, 2.24) is 9.78 Å². The molecule has 0 amide bonds. The van der Waals surface area contributed by atoms with E-state index in [0.29, 0.717) is 5.88 Å². The van der Waals surface area contributed by atoms with Crippen molar-refractivity contribution in [2.45, 2.75) is 33.1 Å². The zero-order chi connectivity index (χ0) is 21.8. The van der Waals surface area contributed by atoms with Crippen LogP contribution in [0.4, 0.5) is 0 Å². The van der Waals surface area contributed by atoms with E-state index in [0.717, 1.165) is 34.5 Å². The monoisotopic (exact) mass is 410 g/mol. The Bertz CT molecular complexity index is 1140. The summed E-state index contributed by atoms with van der Waals surface area (Å²) in [5.41, 5.74) is 5.82. The zero-order valence-electron chi connectivity index (χ0n) is 18.1. The van der Waals surface area contributed by atoms with Gasteiger partial charge in [-0.15, -0.1) is 0 Å². The van der Waals surface area contributed by atoms with Gasteiger partial charge < -0.3 is 4.74 Å². The van der Waals surface area contributed by atoms with Crippen LogP contribution in [0.3, 0.4) is 0 Å². The van der Waals surface area contributed by atoms with Crippen LogP contribution in [0.1, 0.15) is 40.8 Å². The van der Waals surface area contributed by atoms with Crippen molar-refractivity contribution < 1.29 is 9.53 Å². The van der Waals surface area contributed by atoms with Gasteiger partial charge in [0.2, 0.25) is 5.88 Å². The molecule has 4 heteroatoms. The van der Waals surface area contributed by atoms with Gasteiger partial charge in [-0.05, 0) is 43.0 Å². The number of carbonyl (C=O) groups excluding carboxylic acids is 1. The molecular formula is C27H26N2O2. The molecule has 4 rings (SSSR count). The lowest BCUT2D eigenvalue weighted by Gasteiger charge is -2.17. The number of hydrogen-bond donors (Lipinski definition) is 0. The van der Waals surface area contributed by atoms with E-state index in [1.54, 1.807) is 4.68 Å². The molecular weight excluding hydrogens is 384 g/mol. The van der Waals surface area contributed by atoms with Crippen LogP contribution in [0.5, 0.6) is 5.88 Å². The largest absolute Gasteiger partial charge is 0.407 e. The van der Waals surface area contributed by atoms with E-state index >= 15 is 0 Å². The molecule has 4 aromatic rings. The van der Waals surface area contributed by atoms with Crippen LogP contribution in [0.15, 0.2) is 84.9 Å². The molecule has 0 radical (unpaired) electrons. The van der Waals surface area contributed by atoms with Crippen LogP contribution in [-0.2, 0) is 11.2 Å². The smallest absolute Gasteiger partial charge is 0.324 e. The van der Waals surface area contributed by atoms with Crippen LogP contribution in [-0.4, -0.2) is 15.7 Å². The molecule has 0 N–H and O–H groups in total. The molecule has 0 spiro atoms. The number of aromatic nitrogens is 2. The van der Waals surface area contributed by atoms with E-state index < -0.39 is 5.92 Å². The highest BCUT2D eigenvalue weighted by atomic mass is 16.5. The van der Waals surface area contributed by atoms with E-state index in [1.165, 1.54) is 5.56 Å². The maximum atomic E-state index is 13.5. The van der Waals surface area contributed by atoms with E-state index in [4.69, 9.17) is 4.74 Å². The van der Waals surface area contributed by atoms with Crippen molar-refractivity contribution in [3.63, 3.8) is 0 Å². The Labute approximate surface area is 183 Å². The first-order valence-corrected chi connectivity index (χ1v) is 10.5. The molecule has 1 aromatic heterocycles. The van der Waals surface area contributed by atoms with Gasteiger partial charge in [-0.25, -0.2) is 4.68 Å². The number of benzene rings is 3. The molecule has 0 atom stereocenters. The van der Waals surface area contributed by atoms with Gasteiger partial charge in [0, 0.05) is 6.07 Å². The Kier molecular flexibility index (Phi) is 5.99. The fraction of sp³-hybridized carbons (Fsp3) is 0.185. The van der Waals surface area contributed by atoms with Gasteiger partial charge in [0.05, 0.1) is 11.4 Å². The first kappa shape index (κ1) is 20.6. The predicted octanol–water partition coefficient (Wildman–Crippen LogP) is 5.79. The van der Waals surface area contributed by atoms with Gasteiger partial charge in [0.15, 0.2) is 0 Å². The number of nitrogens with zero attached hydrogens (tertiary/aromatic N) is 2. The van der Waals surface area contributed by atoms with Crippen LogP contribution in [0, 0.1) is 13.8 Å². The van der Waals surface area contributed by atoms with E-state index in [9.17, 15) is 4.79 Å². The van der Waals surface area contributed by atoms with Crippen molar-refractivity contribution in [1.29, 1.82) is 0 Å². The average Bonchev–Trinajstić information content (AvgIpc) is 3.18. The zero-order valence-corrected chi connectivity index (χ0v) is 18.1. The molecule has 0 bridgehead atoms. The summed E-state index contributed by atoms with van der Waals surface area (Å²) < 4.78 is 7.73. The normalized spacial score (nSPS) is 11.0. The number of ether oxygens (including phenoxy) is 1. The second kappa shape index (κ2) is 9.00. The SMILES string of the molecule is CCc1cc(OC(=O)C(c2ccccc2)c2ccccc2)n(-c2ccc(C)cc2C)n1. The summed E-state index contributed by atoms with van der Waals surface area (Å²) >= 11 is 0. The summed E-state index contributed by atoms with van der Waals surface area (Å²) in [5.74, 6) is -0.411. The molecule has 31 heavy (non-hydrogen) atoms.